The molecule has 6 nitrogen and oxygen atoms in total. The molecule has 0 radical (unpaired) electrons. The third kappa shape index (κ3) is 2.19. The van der Waals surface area contributed by atoms with E-state index in [1.54, 1.807) is 6.92 Å². The van der Waals surface area contributed by atoms with Crippen molar-refractivity contribution in [1.29, 1.82) is 0 Å². The normalized spacial score (nSPS) is 16.8. The lowest BCUT2D eigenvalue weighted by Gasteiger charge is -2.23. The molecule has 6 heteroatoms. The number of nitrogens with zero attached hydrogens (tertiary/aromatic N) is 2. The number of anilines is 2. The predicted octanol–water partition coefficient (Wildman–Crippen LogP) is 2.61. The van der Waals surface area contributed by atoms with Gasteiger partial charge in [-0.25, -0.2) is 4.98 Å². The number of carbonyl (C=O) groups is 1. The lowest BCUT2D eigenvalue weighted by molar-refractivity contribution is -0.122. The van der Waals surface area contributed by atoms with Gasteiger partial charge < -0.3 is 20.2 Å². The number of nitrogens with two attached hydrogens (primary N) is 1. The number of hydrogen-bond donors (Lipinski definition) is 2. The Balaban J connectivity index is 1.81. The third-order valence-electron chi connectivity index (χ3n) is 3.92. The molecular formula is C17H16N4O2. The van der Waals surface area contributed by atoms with E-state index in [1.165, 1.54) is 0 Å². The Kier molecular flexibility index (Phi) is 2.81. The van der Waals surface area contributed by atoms with E-state index in [0.717, 1.165) is 22.5 Å². The van der Waals surface area contributed by atoms with Crippen LogP contribution in [0.3, 0.4) is 0 Å². The van der Waals surface area contributed by atoms with Gasteiger partial charge in [-0.2, -0.15) is 0 Å². The predicted molar refractivity (Wildman–Crippen MR) is 88.5 cm³/mol. The number of aryl methyl sites for hydroxylation is 1. The Labute approximate surface area is 132 Å². The van der Waals surface area contributed by atoms with Crippen molar-refractivity contribution in [3.05, 3.63) is 42.2 Å². The Morgan fingerprint density at radius 2 is 2.13 bits per heavy atom. The van der Waals surface area contributed by atoms with Gasteiger partial charge in [-0.1, -0.05) is 0 Å². The highest BCUT2D eigenvalue weighted by molar-refractivity contribution is 5.98. The number of imidazole rings is 1. The molecule has 116 valence electrons. The van der Waals surface area contributed by atoms with Crippen molar-refractivity contribution < 1.29 is 9.53 Å². The molecule has 1 aliphatic rings. The van der Waals surface area contributed by atoms with Crippen molar-refractivity contribution in [1.82, 2.24) is 9.38 Å². The first-order valence-corrected chi connectivity index (χ1v) is 7.38. The van der Waals surface area contributed by atoms with Crippen molar-refractivity contribution in [3.8, 4) is 17.0 Å². The Morgan fingerprint density at radius 1 is 1.30 bits per heavy atom. The summed E-state index contributed by atoms with van der Waals surface area (Å²) in [4.78, 5) is 16.3. The van der Waals surface area contributed by atoms with Gasteiger partial charge >= 0.3 is 0 Å². The van der Waals surface area contributed by atoms with Crippen LogP contribution >= 0.6 is 0 Å². The molecule has 0 spiro atoms. The van der Waals surface area contributed by atoms with E-state index in [-0.39, 0.29) is 5.91 Å². The van der Waals surface area contributed by atoms with Gasteiger partial charge in [-0.15, -0.1) is 0 Å². The van der Waals surface area contributed by atoms with Gasteiger partial charge in [0.15, 0.2) is 11.8 Å². The maximum Gasteiger partial charge on any atom is 0.265 e. The molecule has 0 bridgehead atoms. The molecule has 1 amide bonds. The summed E-state index contributed by atoms with van der Waals surface area (Å²) in [7, 11) is 0. The van der Waals surface area contributed by atoms with E-state index >= 15 is 0 Å². The molecule has 2 aromatic heterocycles. The van der Waals surface area contributed by atoms with Crippen LogP contribution in [0.2, 0.25) is 0 Å². The molecule has 0 aliphatic carbocycles. The highest BCUT2D eigenvalue weighted by Gasteiger charge is 2.23. The number of nitrogens with one attached hydrogen (secondary N) is 1. The maximum absolute atomic E-state index is 11.8. The first kappa shape index (κ1) is 13.6. The average molecular weight is 308 g/mol. The zero-order valence-corrected chi connectivity index (χ0v) is 12.8. The minimum absolute atomic E-state index is 0.149. The van der Waals surface area contributed by atoms with Crippen LogP contribution in [0.15, 0.2) is 36.7 Å². The summed E-state index contributed by atoms with van der Waals surface area (Å²) in [6, 6.07) is 7.53. The van der Waals surface area contributed by atoms with Gasteiger partial charge in [0.1, 0.15) is 5.75 Å². The number of benzene rings is 1. The lowest BCUT2D eigenvalue weighted by Crippen LogP contribution is -2.34. The molecule has 1 aliphatic heterocycles. The van der Waals surface area contributed by atoms with Gasteiger partial charge in [0.05, 0.1) is 17.1 Å². The summed E-state index contributed by atoms with van der Waals surface area (Å²) in [6.07, 6.45) is 3.42. The molecular weight excluding hydrogens is 292 g/mol. The molecule has 0 fully saturated rings. The number of carbonyl (C=O) groups excluding carboxylic acids is 1. The van der Waals surface area contributed by atoms with E-state index in [2.05, 4.69) is 10.3 Å². The van der Waals surface area contributed by atoms with E-state index in [9.17, 15) is 4.79 Å². The van der Waals surface area contributed by atoms with E-state index in [4.69, 9.17) is 10.5 Å². The topological polar surface area (TPSA) is 81.6 Å². The highest BCUT2D eigenvalue weighted by atomic mass is 16.5. The van der Waals surface area contributed by atoms with Crippen LogP contribution in [0.1, 0.15) is 12.5 Å². The molecule has 4 rings (SSSR count). The summed E-state index contributed by atoms with van der Waals surface area (Å²) in [6.45, 7) is 3.71. The van der Waals surface area contributed by atoms with Crippen molar-refractivity contribution in [2.45, 2.75) is 20.0 Å². The SMILES string of the molecule is Cc1cc(N)c2nc(-c3ccc4c(c3)NC(=O)C(C)O4)cn2c1. The van der Waals surface area contributed by atoms with Gasteiger partial charge in [0, 0.05) is 18.0 Å². The van der Waals surface area contributed by atoms with E-state index < -0.39 is 6.10 Å². The van der Waals surface area contributed by atoms with Crippen LogP contribution < -0.4 is 15.8 Å². The smallest absolute Gasteiger partial charge is 0.265 e. The number of rotatable bonds is 1. The first-order chi connectivity index (χ1) is 11.0. The summed E-state index contributed by atoms with van der Waals surface area (Å²) in [5.74, 6) is 0.518. The zero-order valence-electron chi connectivity index (χ0n) is 12.8. The molecule has 0 saturated carbocycles. The van der Waals surface area contributed by atoms with Crippen LogP contribution in [0.5, 0.6) is 5.75 Å². The minimum Gasteiger partial charge on any atom is -0.479 e. The minimum atomic E-state index is -0.480. The van der Waals surface area contributed by atoms with E-state index in [1.807, 2.05) is 48.0 Å². The van der Waals surface area contributed by atoms with Gasteiger partial charge in [0.2, 0.25) is 0 Å². The fraction of sp³-hybridized carbons (Fsp3) is 0.176. The molecule has 1 unspecified atom stereocenters. The van der Waals surface area contributed by atoms with Crippen molar-refractivity contribution in [2.24, 2.45) is 0 Å². The van der Waals surface area contributed by atoms with Crippen LogP contribution in [0.4, 0.5) is 11.4 Å². The number of fused-ring (bicyclic) bond motifs is 2. The van der Waals surface area contributed by atoms with Crippen molar-refractivity contribution in [2.75, 3.05) is 11.1 Å². The number of ether oxygens (including phenoxy) is 1. The van der Waals surface area contributed by atoms with Crippen LogP contribution in [0, 0.1) is 6.92 Å². The van der Waals surface area contributed by atoms with Crippen LogP contribution in [0.25, 0.3) is 16.9 Å². The fourth-order valence-corrected chi connectivity index (χ4v) is 2.78. The van der Waals surface area contributed by atoms with Crippen LogP contribution in [-0.2, 0) is 4.79 Å². The van der Waals surface area contributed by atoms with Gasteiger partial charge in [0.25, 0.3) is 5.91 Å². The second kappa shape index (κ2) is 4.74. The molecule has 1 aromatic carbocycles. The Bertz CT molecular complexity index is 945. The Hall–Kier alpha value is -3.02. The number of hydrogen-bond acceptors (Lipinski definition) is 4. The molecule has 3 N–H and O–H groups in total. The summed E-state index contributed by atoms with van der Waals surface area (Å²) in [5.41, 5.74) is 10.8. The number of pyridine rings is 1. The van der Waals surface area contributed by atoms with Gasteiger partial charge in [-0.05, 0) is 43.7 Å². The molecule has 0 saturated heterocycles. The van der Waals surface area contributed by atoms with E-state index in [0.29, 0.717) is 17.1 Å². The van der Waals surface area contributed by atoms with Crippen molar-refractivity contribution in [3.63, 3.8) is 0 Å². The van der Waals surface area contributed by atoms with Gasteiger partial charge in [-0.3, -0.25) is 4.79 Å². The molecule has 3 aromatic rings. The highest BCUT2D eigenvalue weighted by Crippen LogP contribution is 2.34. The summed E-state index contributed by atoms with van der Waals surface area (Å²) >= 11 is 0. The first-order valence-electron chi connectivity index (χ1n) is 7.38. The summed E-state index contributed by atoms with van der Waals surface area (Å²) in [5, 5.41) is 2.85. The lowest BCUT2D eigenvalue weighted by atomic mass is 10.1. The second-order valence-electron chi connectivity index (χ2n) is 5.79. The summed E-state index contributed by atoms with van der Waals surface area (Å²) < 4.78 is 7.48. The maximum atomic E-state index is 11.8. The number of nitrogen functional groups attached to an aromatic ring is 1. The number of amides is 1. The molecule has 1 atom stereocenters. The number of aromatic nitrogens is 2. The standard InChI is InChI=1S/C17H16N4O2/c1-9-5-12(18)16-19-14(8-21(16)7-9)11-3-4-15-13(6-11)20-17(22)10(2)23-15/h3-8,10H,18H2,1-2H3,(H,20,22). The quantitative estimate of drug-likeness (QED) is 0.724. The van der Waals surface area contributed by atoms with Crippen molar-refractivity contribution >= 4 is 22.9 Å². The molecule has 23 heavy (non-hydrogen) atoms. The average Bonchev–Trinajstić information content (AvgIpc) is 2.92. The monoisotopic (exact) mass is 308 g/mol. The fourth-order valence-electron chi connectivity index (χ4n) is 2.78. The second-order valence-corrected chi connectivity index (χ2v) is 5.79. The molecule has 3 heterocycles. The third-order valence-corrected chi connectivity index (χ3v) is 3.92. The largest absolute Gasteiger partial charge is 0.479 e. The zero-order chi connectivity index (χ0) is 16.1. The Morgan fingerprint density at radius 3 is 2.96 bits per heavy atom. The van der Waals surface area contributed by atoms with Crippen LogP contribution in [-0.4, -0.2) is 21.4 Å².